The fourth-order valence-electron chi connectivity index (χ4n) is 1.36. The van der Waals surface area contributed by atoms with Gasteiger partial charge in [-0.1, -0.05) is 5.10 Å². The maximum Gasteiger partial charge on any atom is 0.338 e. The van der Waals surface area contributed by atoms with Gasteiger partial charge < -0.3 is 10.4 Å². The number of halogens is 1. The number of anilines is 2. The lowest BCUT2D eigenvalue weighted by molar-refractivity contribution is 0.0692. The number of aromatic nitrogens is 4. The first-order valence-corrected chi connectivity index (χ1v) is 5.30. The van der Waals surface area contributed by atoms with Crippen LogP contribution in [0.3, 0.4) is 0 Å². The Morgan fingerprint density at radius 3 is 2.65 bits per heavy atom. The number of amides is 2. The first-order chi connectivity index (χ1) is 9.45. The Morgan fingerprint density at radius 1 is 1.35 bits per heavy atom. The molecule has 104 valence electrons. The molecule has 2 aromatic rings. The quantitative estimate of drug-likeness (QED) is 0.760. The van der Waals surface area contributed by atoms with E-state index in [1.807, 2.05) is 0 Å². The van der Waals surface area contributed by atoms with Crippen LogP contribution in [-0.2, 0) is 7.05 Å². The molecule has 0 spiro atoms. The molecule has 1 heterocycles. The summed E-state index contributed by atoms with van der Waals surface area (Å²) in [4.78, 5) is 23.3. The van der Waals surface area contributed by atoms with E-state index in [0.717, 1.165) is 16.9 Å². The van der Waals surface area contributed by atoms with Gasteiger partial charge in [0, 0.05) is 5.69 Å². The third-order valence-electron chi connectivity index (χ3n) is 2.19. The van der Waals surface area contributed by atoms with Crippen LogP contribution in [0.15, 0.2) is 18.2 Å². The van der Waals surface area contributed by atoms with Crippen LogP contribution in [0, 0.1) is 5.82 Å². The molecule has 2 amide bonds. The van der Waals surface area contributed by atoms with E-state index in [4.69, 9.17) is 5.11 Å². The standard InChI is InChI=1S/C10H9FN6O3/c1-17-15-9(14-16-17)13-10(20)12-5-2-3-6(8(18)19)7(11)4-5/h2-4H,1H3,(H,18,19)(H2,12,13,15,20). The molecule has 0 saturated heterocycles. The number of nitrogens with one attached hydrogen (secondary N) is 2. The molecular formula is C10H9FN6O3. The number of carboxylic acid groups (broad SMARTS) is 1. The number of carbonyl (C=O) groups excluding carboxylic acids is 1. The summed E-state index contributed by atoms with van der Waals surface area (Å²) in [6, 6.07) is 2.50. The van der Waals surface area contributed by atoms with Crippen molar-refractivity contribution in [1.29, 1.82) is 0 Å². The molecule has 2 rings (SSSR count). The van der Waals surface area contributed by atoms with Gasteiger partial charge in [0.15, 0.2) is 0 Å². The second kappa shape index (κ2) is 5.30. The number of rotatable bonds is 3. The van der Waals surface area contributed by atoms with Gasteiger partial charge in [0.25, 0.3) is 5.95 Å². The highest BCUT2D eigenvalue weighted by Crippen LogP contribution is 2.14. The van der Waals surface area contributed by atoms with Crippen LogP contribution in [0.25, 0.3) is 0 Å². The zero-order chi connectivity index (χ0) is 14.7. The molecule has 0 atom stereocenters. The van der Waals surface area contributed by atoms with Crippen LogP contribution >= 0.6 is 0 Å². The van der Waals surface area contributed by atoms with E-state index >= 15 is 0 Å². The smallest absolute Gasteiger partial charge is 0.338 e. The van der Waals surface area contributed by atoms with Gasteiger partial charge in [0.1, 0.15) is 5.82 Å². The fourth-order valence-corrected chi connectivity index (χ4v) is 1.36. The van der Waals surface area contributed by atoms with Crippen molar-refractivity contribution in [3.8, 4) is 0 Å². The maximum atomic E-state index is 13.4. The van der Waals surface area contributed by atoms with Crippen molar-refractivity contribution in [2.45, 2.75) is 0 Å². The van der Waals surface area contributed by atoms with Gasteiger partial charge in [-0.25, -0.2) is 14.0 Å². The lowest BCUT2D eigenvalue weighted by Crippen LogP contribution is -2.20. The Labute approximate surface area is 111 Å². The van der Waals surface area contributed by atoms with Crippen LogP contribution in [0.5, 0.6) is 0 Å². The van der Waals surface area contributed by atoms with E-state index in [9.17, 15) is 14.0 Å². The molecule has 1 aromatic carbocycles. The zero-order valence-electron chi connectivity index (χ0n) is 10.2. The van der Waals surface area contributed by atoms with E-state index in [1.165, 1.54) is 13.1 Å². The van der Waals surface area contributed by atoms with Crippen molar-refractivity contribution < 1.29 is 19.1 Å². The van der Waals surface area contributed by atoms with Crippen molar-refractivity contribution in [3.63, 3.8) is 0 Å². The average molecular weight is 280 g/mol. The van der Waals surface area contributed by atoms with Crippen molar-refractivity contribution in [2.24, 2.45) is 7.05 Å². The predicted octanol–water partition coefficient (Wildman–Crippen LogP) is 0.691. The van der Waals surface area contributed by atoms with Gasteiger partial charge >= 0.3 is 12.0 Å². The highest BCUT2D eigenvalue weighted by molar-refractivity contribution is 5.99. The number of aromatic carboxylic acids is 1. The summed E-state index contributed by atoms with van der Waals surface area (Å²) in [5.41, 5.74) is -0.388. The molecule has 20 heavy (non-hydrogen) atoms. The van der Waals surface area contributed by atoms with Gasteiger partial charge in [0.2, 0.25) is 0 Å². The van der Waals surface area contributed by atoms with E-state index in [0.29, 0.717) is 0 Å². The number of benzene rings is 1. The van der Waals surface area contributed by atoms with Crippen LogP contribution in [0.1, 0.15) is 10.4 Å². The van der Waals surface area contributed by atoms with E-state index in [1.54, 1.807) is 0 Å². The summed E-state index contributed by atoms with van der Waals surface area (Å²) in [6.07, 6.45) is 0. The molecule has 10 heteroatoms. The lowest BCUT2D eigenvalue weighted by atomic mass is 10.2. The largest absolute Gasteiger partial charge is 0.478 e. The summed E-state index contributed by atoms with van der Waals surface area (Å²) in [5.74, 6) is -2.36. The van der Waals surface area contributed by atoms with E-state index in [-0.39, 0.29) is 11.6 Å². The number of carboxylic acids is 1. The summed E-state index contributed by atoms with van der Waals surface area (Å²) >= 11 is 0. The first kappa shape index (κ1) is 13.4. The second-order valence-corrected chi connectivity index (χ2v) is 3.68. The molecule has 0 fully saturated rings. The van der Waals surface area contributed by atoms with Crippen molar-refractivity contribution in [2.75, 3.05) is 10.6 Å². The highest BCUT2D eigenvalue weighted by Gasteiger charge is 2.12. The Kier molecular flexibility index (Phi) is 3.55. The summed E-state index contributed by atoms with van der Waals surface area (Å²) in [5, 5.41) is 24.0. The molecular weight excluding hydrogens is 271 g/mol. The highest BCUT2D eigenvalue weighted by atomic mass is 19.1. The molecule has 0 saturated carbocycles. The summed E-state index contributed by atoms with van der Waals surface area (Å²) < 4.78 is 13.4. The van der Waals surface area contributed by atoms with Crippen LogP contribution in [0.4, 0.5) is 20.8 Å². The molecule has 9 nitrogen and oxygen atoms in total. The van der Waals surface area contributed by atoms with Gasteiger partial charge in [0.05, 0.1) is 12.6 Å². The molecule has 0 bridgehead atoms. The van der Waals surface area contributed by atoms with Gasteiger partial charge in [-0.05, 0) is 23.4 Å². The number of carbonyl (C=O) groups is 2. The summed E-state index contributed by atoms with van der Waals surface area (Å²) in [7, 11) is 1.52. The fraction of sp³-hybridized carbons (Fsp3) is 0.100. The predicted molar refractivity (Wildman–Crippen MR) is 64.8 cm³/mol. The Bertz CT molecular complexity index is 671. The Balaban J connectivity index is 2.04. The number of tetrazole rings is 1. The number of aryl methyl sites for hydroxylation is 1. The van der Waals surface area contributed by atoms with Crippen molar-refractivity contribution in [3.05, 3.63) is 29.6 Å². The lowest BCUT2D eigenvalue weighted by Gasteiger charge is -2.05. The third kappa shape index (κ3) is 3.04. The van der Waals surface area contributed by atoms with Gasteiger partial charge in [-0.15, -0.1) is 5.10 Å². The van der Waals surface area contributed by atoms with Crippen molar-refractivity contribution >= 4 is 23.6 Å². The Morgan fingerprint density at radius 2 is 2.10 bits per heavy atom. The van der Waals surface area contributed by atoms with Crippen molar-refractivity contribution in [1.82, 2.24) is 20.2 Å². The third-order valence-corrected chi connectivity index (χ3v) is 2.19. The molecule has 0 aliphatic heterocycles. The van der Waals surface area contributed by atoms with Crippen LogP contribution in [-0.4, -0.2) is 37.3 Å². The topological polar surface area (TPSA) is 122 Å². The van der Waals surface area contributed by atoms with Gasteiger partial charge in [-0.2, -0.15) is 4.80 Å². The minimum Gasteiger partial charge on any atom is -0.478 e. The molecule has 0 aliphatic carbocycles. The Hall–Kier alpha value is -3.04. The second-order valence-electron chi connectivity index (χ2n) is 3.68. The summed E-state index contributed by atoms with van der Waals surface area (Å²) in [6.45, 7) is 0. The monoisotopic (exact) mass is 280 g/mol. The molecule has 0 radical (unpaired) electrons. The SMILES string of the molecule is Cn1nnc(NC(=O)Nc2ccc(C(=O)O)c(F)c2)n1. The van der Waals surface area contributed by atoms with E-state index in [2.05, 4.69) is 26.0 Å². The first-order valence-electron chi connectivity index (χ1n) is 5.30. The molecule has 1 aromatic heterocycles. The van der Waals surface area contributed by atoms with Gasteiger partial charge in [-0.3, -0.25) is 5.32 Å². The number of urea groups is 1. The number of hydrogen-bond acceptors (Lipinski definition) is 5. The minimum atomic E-state index is -1.39. The maximum absolute atomic E-state index is 13.4. The number of nitrogens with zero attached hydrogens (tertiary/aromatic N) is 4. The molecule has 3 N–H and O–H groups in total. The molecule has 0 unspecified atom stereocenters. The number of hydrogen-bond donors (Lipinski definition) is 3. The van der Waals surface area contributed by atoms with Crippen LogP contribution in [0.2, 0.25) is 0 Å². The average Bonchev–Trinajstić information content (AvgIpc) is 2.74. The van der Waals surface area contributed by atoms with E-state index < -0.39 is 23.4 Å². The molecule has 0 aliphatic rings. The van der Waals surface area contributed by atoms with Crippen LogP contribution < -0.4 is 10.6 Å². The normalized spacial score (nSPS) is 10.1. The zero-order valence-corrected chi connectivity index (χ0v) is 10.2. The minimum absolute atomic E-state index is 0.0207.